The van der Waals surface area contributed by atoms with Crippen molar-refractivity contribution in [2.24, 2.45) is 0 Å². The number of hydrogen-bond donors (Lipinski definition) is 1. The van der Waals surface area contributed by atoms with Crippen molar-refractivity contribution in [3.63, 3.8) is 0 Å². The maximum atomic E-state index is 13.1. The fourth-order valence-corrected chi connectivity index (χ4v) is 3.77. The van der Waals surface area contributed by atoms with E-state index >= 15 is 0 Å². The number of nitrogens with one attached hydrogen (secondary N) is 1. The SMILES string of the molecule is Cc1cc(Nc2ncc(C)s2)nc(C2COCCN2Cc2ccc(F)cn2)n1. The Balaban J connectivity index is 1.57. The summed E-state index contributed by atoms with van der Waals surface area (Å²) in [6.45, 7) is 6.40. The summed E-state index contributed by atoms with van der Waals surface area (Å²) in [5, 5.41) is 4.06. The number of thiazole rings is 1. The molecule has 3 aromatic rings. The number of halogens is 1. The van der Waals surface area contributed by atoms with Crippen molar-refractivity contribution in [1.29, 1.82) is 0 Å². The van der Waals surface area contributed by atoms with Gasteiger partial charge in [-0.25, -0.2) is 19.3 Å². The van der Waals surface area contributed by atoms with Crippen LogP contribution in [0, 0.1) is 19.7 Å². The third-order valence-corrected chi connectivity index (χ3v) is 5.25. The Hall–Kier alpha value is -2.49. The normalized spacial score (nSPS) is 17.6. The van der Waals surface area contributed by atoms with Gasteiger partial charge in [0.2, 0.25) is 0 Å². The first-order valence-corrected chi connectivity index (χ1v) is 9.86. The van der Waals surface area contributed by atoms with E-state index in [1.807, 2.05) is 26.1 Å². The predicted octanol–water partition coefficient (Wildman–Crippen LogP) is 3.40. The van der Waals surface area contributed by atoms with E-state index in [1.54, 1.807) is 17.4 Å². The first kappa shape index (κ1) is 18.9. The molecule has 146 valence electrons. The molecule has 28 heavy (non-hydrogen) atoms. The lowest BCUT2D eigenvalue weighted by molar-refractivity contribution is -0.0164. The van der Waals surface area contributed by atoms with Gasteiger partial charge in [-0.3, -0.25) is 9.88 Å². The fourth-order valence-electron chi connectivity index (χ4n) is 3.10. The van der Waals surface area contributed by atoms with E-state index in [1.165, 1.54) is 12.3 Å². The van der Waals surface area contributed by atoms with Crippen LogP contribution in [0.1, 0.15) is 28.1 Å². The predicted molar refractivity (Wildman–Crippen MR) is 105 cm³/mol. The lowest BCUT2D eigenvalue weighted by Crippen LogP contribution is -2.40. The summed E-state index contributed by atoms with van der Waals surface area (Å²) in [4.78, 5) is 21.2. The van der Waals surface area contributed by atoms with Crippen LogP contribution in [-0.2, 0) is 11.3 Å². The van der Waals surface area contributed by atoms with Gasteiger partial charge in [0, 0.05) is 35.9 Å². The van der Waals surface area contributed by atoms with Gasteiger partial charge < -0.3 is 10.1 Å². The largest absolute Gasteiger partial charge is 0.378 e. The molecule has 0 spiro atoms. The molecule has 0 amide bonds. The van der Waals surface area contributed by atoms with Crippen molar-refractivity contribution in [3.8, 4) is 0 Å². The summed E-state index contributed by atoms with van der Waals surface area (Å²) in [5.41, 5.74) is 1.67. The molecule has 0 bridgehead atoms. The summed E-state index contributed by atoms with van der Waals surface area (Å²) in [7, 11) is 0. The molecule has 0 saturated carbocycles. The quantitative estimate of drug-likeness (QED) is 0.703. The van der Waals surface area contributed by atoms with Crippen molar-refractivity contribution in [1.82, 2.24) is 24.8 Å². The molecule has 4 heterocycles. The Labute approximate surface area is 166 Å². The van der Waals surface area contributed by atoms with Crippen LogP contribution < -0.4 is 5.32 Å². The summed E-state index contributed by atoms with van der Waals surface area (Å²) in [5.74, 6) is 1.07. The van der Waals surface area contributed by atoms with Crippen molar-refractivity contribution in [2.45, 2.75) is 26.4 Å². The number of aryl methyl sites for hydroxylation is 2. The maximum Gasteiger partial charge on any atom is 0.188 e. The van der Waals surface area contributed by atoms with Gasteiger partial charge in [0.05, 0.1) is 31.1 Å². The highest BCUT2D eigenvalue weighted by Crippen LogP contribution is 2.26. The minimum atomic E-state index is -0.336. The van der Waals surface area contributed by atoms with Crippen LogP contribution in [0.25, 0.3) is 0 Å². The second-order valence-corrected chi connectivity index (χ2v) is 7.92. The average Bonchev–Trinajstić information content (AvgIpc) is 3.08. The third-order valence-electron chi connectivity index (χ3n) is 4.42. The van der Waals surface area contributed by atoms with Crippen LogP contribution in [0.5, 0.6) is 0 Å². The van der Waals surface area contributed by atoms with Crippen molar-refractivity contribution in [3.05, 3.63) is 58.5 Å². The highest BCUT2D eigenvalue weighted by atomic mass is 32.1. The highest BCUT2D eigenvalue weighted by molar-refractivity contribution is 7.15. The minimum Gasteiger partial charge on any atom is -0.378 e. The standard InChI is InChI=1S/C19H21FN6OS/c1-12-7-17(25-19-22-8-13(2)28-19)24-18(23-12)16-11-27-6-5-26(16)10-15-4-3-14(20)9-21-15/h3-4,7-9,16H,5-6,10-11H2,1-2H3,(H,22,23,24,25). The number of ether oxygens (including phenoxy) is 1. The molecule has 1 aliphatic rings. The second-order valence-electron chi connectivity index (χ2n) is 6.68. The molecule has 7 nitrogen and oxygen atoms in total. The first-order chi connectivity index (χ1) is 13.6. The molecule has 4 rings (SSSR count). The van der Waals surface area contributed by atoms with E-state index in [0.717, 1.165) is 27.9 Å². The van der Waals surface area contributed by atoms with Gasteiger partial charge in [0.15, 0.2) is 5.13 Å². The van der Waals surface area contributed by atoms with E-state index in [-0.39, 0.29) is 11.9 Å². The number of nitrogens with zero attached hydrogens (tertiary/aromatic N) is 5. The second kappa shape index (κ2) is 8.26. The molecule has 9 heteroatoms. The van der Waals surface area contributed by atoms with Crippen molar-refractivity contribution < 1.29 is 9.13 Å². The third kappa shape index (κ3) is 4.49. The van der Waals surface area contributed by atoms with E-state index in [9.17, 15) is 4.39 Å². The van der Waals surface area contributed by atoms with Crippen LogP contribution in [0.4, 0.5) is 15.3 Å². The number of morpholine rings is 1. The van der Waals surface area contributed by atoms with E-state index in [0.29, 0.717) is 31.4 Å². The Kier molecular flexibility index (Phi) is 5.56. The van der Waals surface area contributed by atoms with E-state index in [2.05, 4.69) is 25.2 Å². The zero-order valence-corrected chi connectivity index (χ0v) is 16.5. The lowest BCUT2D eigenvalue weighted by Gasteiger charge is -2.34. The molecule has 0 radical (unpaired) electrons. The van der Waals surface area contributed by atoms with Gasteiger partial charge in [-0.05, 0) is 26.0 Å². The van der Waals surface area contributed by atoms with Crippen LogP contribution in [-0.4, -0.2) is 44.6 Å². The highest BCUT2D eigenvalue weighted by Gasteiger charge is 2.28. The molecule has 3 aromatic heterocycles. The molecule has 0 aliphatic carbocycles. The van der Waals surface area contributed by atoms with Gasteiger partial charge in [0.25, 0.3) is 0 Å². The molecular formula is C19H21FN6OS. The van der Waals surface area contributed by atoms with Crippen LogP contribution in [0.3, 0.4) is 0 Å². The molecule has 1 atom stereocenters. The Morgan fingerprint density at radius 1 is 1.25 bits per heavy atom. The van der Waals surface area contributed by atoms with E-state index in [4.69, 9.17) is 9.72 Å². The minimum absolute atomic E-state index is 0.0981. The molecule has 0 aromatic carbocycles. The smallest absolute Gasteiger partial charge is 0.188 e. The van der Waals surface area contributed by atoms with Crippen LogP contribution >= 0.6 is 11.3 Å². The number of hydrogen-bond acceptors (Lipinski definition) is 8. The zero-order chi connectivity index (χ0) is 19.5. The number of aromatic nitrogens is 4. The van der Waals surface area contributed by atoms with Gasteiger partial charge in [-0.15, -0.1) is 11.3 Å². The number of pyridine rings is 1. The summed E-state index contributed by atoms with van der Waals surface area (Å²) < 4.78 is 18.8. The van der Waals surface area contributed by atoms with Crippen LogP contribution in [0.2, 0.25) is 0 Å². The van der Waals surface area contributed by atoms with Gasteiger partial charge in [0.1, 0.15) is 17.5 Å². The topological polar surface area (TPSA) is 76.1 Å². The first-order valence-electron chi connectivity index (χ1n) is 9.04. The van der Waals surface area contributed by atoms with Gasteiger partial charge in [-0.2, -0.15) is 0 Å². The summed E-state index contributed by atoms with van der Waals surface area (Å²) >= 11 is 1.58. The van der Waals surface area contributed by atoms with Gasteiger partial charge in [-0.1, -0.05) is 0 Å². The maximum absolute atomic E-state index is 13.1. The molecule has 1 N–H and O–H groups in total. The Morgan fingerprint density at radius 2 is 2.14 bits per heavy atom. The summed E-state index contributed by atoms with van der Waals surface area (Å²) in [6, 6.07) is 4.94. The zero-order valence-electron chi connectivity index (χ0n) is 15.7. The molecule has 1 unspecified atom stereocenters. The number of anilines is 2. The van der Waals surface area contributed by atoms with E-state index < -0.39 is 0 Å². The van der Waals surface area contributed by atoms with Crippen LogP contribution in [0.15, 0.2) is 30.6 Å². The molecule has 1 fully saturated rings. The summed E-state index contributed by atoms with van der Waals surface area (Å²) in [6.07, 6.45) is 3.07. The fraction of sp³-hybridized carbons (Fsp3) is 0.368. The average molecular weight is 400 g/mol. The molecular weight excluding hydrogens is 379 g/mol. The van der Waals surface area contributed by atoms with Crippen molar-refractivity contribution >= 4 is 22.3 Å². The molecule has 1 aliphatic heterocycles. The monoisotopic (exact) mass is 400 g/mol. The number of rotatable bonds is 5. The Bertz CT molecular complexity index is 948. The Morgan fingerprint density at radius 3 is 2.89 bits per heavy atom. The van der Waals surface area contributed by atoms with Crippen molar-refractivity contribution in [2.75, 3.05) is 25.1 Å². The van der Waals surface area contributed by atoms with Gasteiger partial charge >= 0.3 is 0 Å². The lowest BCUT2D eigenvalue weighted by atomic mass is 10.2. The molecule has 1 saturated heterocycles.